The Kier molecular flexibility index (Phi) is 4.58. The zero-order valence-corrected chi connectivity index (χ0v) is 9.01. The molecule has 0 saturated heterocycles. The van der Waals surface area contributed by atoms with Gasteiger partial charge in [0.25, 0.3) is 5.91 Å². The highest BCUT2D eigenvalue weighted by atomic mass is 35.5. The van der Waals surface area contributed by atoms with Gasteiger partial charge in [-0.3, -0.25) is 4.79 Å². The lowest BCUT2D eigenvalue weighted by Crippen LogP contribution is -2.25. The quantitative estimate of drug-likeness (QED) is 0.620. The Hall–Kier alpha value is -1.60. The number of carbonyl (C=O) groups is 1. The van der Waals surface area contributed by atoms with Crippen molar-refractivity contribution in [2.45, 2.75) is 13.3 Å². The number of halogens is 1. The lowest BCUT2D eigenvalue weighted by molar-refractivity contribution is 0.0949. The van der Waals surface area contributed by atoms with Crippen molar-refractivity contribution in [3.05, 3.63) is 23.2 Å². The number of hydrogen-bond acceptors (Lipinski definition) is 3. The molecule has 0 radical (unpaired) electrons. The highest BCUT2D eigenvalue weighted by molar-refractivity contribution is 6.29. The maximum atomic E-state index is 11.4. The maximum Gasteiger partial charge on any atom is 0.271 e. The minimum absolute atomic E-state index is 0.254. The molecule has 0 atom stereocenters. The number of nitrogens with zero attached hydrogens (tertiary/aromatic N) is 2. The van der Waals surface area contributed by atoms with Gasteiger partial charge in [0.05, 0.1) is 12.4 Å². The predicted molar refractivity (Wildman–Crippen MR) is 57.4 cm³/mol. The maximum absolute atomic E-state index is 11.4. The van der Waals surface area contributed by atoms with E-state index in [9.17, 15) is 4.79 Å². The Bertz CT molecular complexity index is 391. The second-order valence-electron chi connectivity index (χ2n) is 2.66. The van der Waals surface area contributed by atoms with E-state index < -0.39 is 0 Å². The lowest BCUT2D eigenvalue weighted by atomic mass is 10.4. The van der Waals surface area contributed by atoms with Gasteiger partial charge in [0.1, 0.15) is 10.8 Å². The summed E-state index contributed by atoms with van der Waals surface area (Å²) in [5, 5.41) is 2.93. The Morgan fingerprint density at radius 3 is 2.93 bits per heavy atom. The number of nitrogens with one attached hydrogen (secondary N) is 1. The summed E-state index contributed by atoms with van der Waals surface area (Å²) in [5.74, 6) is 5.32. The molecule has 0 aromatic carbocycles. The van der Waals surface area contributed by atoms with E-state index in [0.29, 0.717) is 13.0 Å². The van der Waals surface area contributed by atoms with Crippen LogP contribution >= 0.6 is 11.6 Å². The minimum Gasteiger partial charge on any atom is -0.350 e. The summed E-state index contributed by atoms with van der Waals surface area (Å²) in [6.07, 6.45) is 3.30. The lowest BCUT2D eigenvalue weighted by Gasteiger charge is -2.01. The van der Waals surface area contributed by atoms with Crippen molar-refractivity contribution >= 4 is 17.5 Å². The molecule has 5 heteroatoms. The zero-order chi connectivity index (χ0) is 11.1. The molecule has 78 valence electrons. The third kappa shape index (κ3) is 3.96. The largest absolute Gasteiger partial charge is 0.350 e. The molecule has 0 bridgehead atoms. The summed E-state index contributed by atoms with van der Waals surface area (Å²) in [4.78, 5) is 19.0. The van der Waals surface area contributed by atoms with Gasteiger partial charge in [-0.25, -0.2) is 9.97 Å². The van der Waals surface area contributed by atoms with Gasteiger partial charge in [-0.2, -0.15) is 0 Å². The molecule has 0 fully saturated rings. The van der Waals surface area contributed by atoms with Crippen LogP contribution in [0, 0.1) is 11.8 Å². The van der Waals surface area contributed by atoms with E-state index in [1.165, 1.54) is 12.4 Å². The Labute approximate surface area is 93.1 Å². The minimum atomic E-state index is -0.267. The first kappa shape index (κ1) is 11.5. The van der Waals surface area contributed by atoms with Crippen LogP contribution < -0.4 is 5.32 Å². The molecule has 0 aliphatic rings. The van der Waals surface area contributed by atoms with Gasteiger partial charge in [0.2, 0.25) is 0 Å². The second-order valence-corrected chi connectivity index (χ2v) is 3.04. The van der Waals surface area contributed by atoms with Crippen LogP contribution in [0.3, 0.4) is 0 Å². The molecule has 1 amide bonds. The summed E-state index contributed by atoms with van der Waals surface area (Å²) in [7, 11) is 0. The van der Waals surface area contributed by atoms with E-state index in [0.717, 1.165) is 0 Å². The van der Waals surface area contributed by atoms with Crippen molar-refractivity contribution < 1.29 is 4.79 Å². The smallest absolute Gasteiger partial charge is 0.271 e. The van der Waals surface area contributed by atoms with Crippen LogP contribution in [-0.2, 0) is 0 Å². The predicted octanol–water partition coefficient (Wildman–Crippen LogP) is 1.27. The van der Waals surface area contributed by atoms with Crippen LogP contribution in [0.25, 0.3) is 0 Å². The van der Waals surface area contributed by atoms with Crippen molar-refractivity contribution in [1.82, 2.24) is 15.3 Å². The second kappa shape index (κ2) is 5.99. The van der Waals surface area contributed by atoms with E-state index in [4.69, 9.17) is 11.6 Å². The number of carbonyl (C=O) groups excluding carboxylic acids is 1. The average molecular weight is 224 g/mol. The third-order valence-corrected chi connectivity index (χ3v) is 1.76. The van der Waals surface area contributed by atoms with Crippen molar-refractivity contribution in [3.8, 4) is 11.8 Å². The zero-order valence-electron chi connectivity index (χ0n) is 8.25. The summed E-state index contributed by atoms with van der Waals surface area (Å²) in [6, 6.07) is 0. The fourth-order valence-corrected chi connectivity index (χ4v) is 0.981. The van der Waals surface area contributed by atoms with E-state index >= 15 is 0 Å². The van der Waals surface area contributed by atoms with Crippen LogP contribution in [0.4, 0.5) is 0 Å². The average Bonchev–Trinajstić information content (AvgIpc) is 2.25. The van der Waals surface area contributed by atoms with Crippen LogP contribution in [0.5, 0.6) is 0 Å². The SMILES string of the molecule is CC#CCCNC(=O)c1cnc(Cl)cn1. The third-order valence-electron chi connectivity index (χ3n) is 1.57. The van der Waals surface area contributed by atoms with E-state index in [1.807, 2.05) is 0 Å². The first-order chi connectivity index (χ1) is 7.24. The van der Waals surface area contributed by atoms with Gasteiger partial charge in [0.15, 0.2) is 0 Å². The van der Waals surface area contributed by atoms with E-state index in [-0.39, 0.29) is 16.8 Å². The van der Waals surface area contributed by atoms with Gasteiger partial charge in [-0.15, -0.1) is 11.8 Å². The first-order valence-electron chi connectivity index (χ1n) is 4.39. The number of rotatable bonds is 3. The topological polar surface area (TPSA) is 54.9 Å². The number of amides is 1. The van der Waals surface area contributed by atoms with E-state index in [1.54, 1.807) is 6.92 Å². The Balaban J connectivity index is 2.46. The summed E-state index contributed by atoms with van der Waals surface area (Å²) < 4.78 is 0. The molecule has 0 spiro atoms. The highest BCUT2D eigenvalue weighted by Crippen LogP contribution is 2.00. The first-order valence-corrected chi connectivity index (χ1v) is 4.77. The van der Waals surface area contributed by atoms with Crippen molar-refractivity contribution in [3.63, 3.8) is 0 Å². The van der Waals surface area contributed by atoms with Crippen LogP contribution in [0.2, 0.25) is 5.15 Å². The molecule has 0 saturated carbocycles. The number of aromatic nitrogens is 2. The van der Waals surface area contributed by atoms with Crippen molar-refractivity contribution in [2.75, 3.05) is 6.54 Å². The van der Waals surface area contributed by atoms with Crippen molar-refractivity contribution in [2.24, 2.45) is 0 Å². The monoisotopic (exact) mass is 223 g/mol. The van der Waals surface area contributed by atoms with Crippen LogP contribution in [-0.4, -0.2) is 22.4 Å². The molecule has 1 N–H and O–H groups in total. The Morgan fingerprint density at radius 1 is 1.53 bits per heavy atom. The Morgan fingerprint density at radius 2 is 2.33 bits per heavy atom. The molecule has 4 nitrogen and oxygen atoms in total. The molecular weight excluding hydrogens is 214 g/mol. The fourth-order valence-electron chi connectivity index (χ4n) is 0.884. The van der Waals surface area contributed by atoms with Crippen LogP contribution in [0.15, 0.2) is 12.4 Å². The van der Waals surface area contributed by atoms with Gasteiger partial charge < -0.3 is 5.32 Å². The van der Waals surface area contributed by atoms with Crippen molar-refractivity contribution in [1.29, 1.82) is 0 Å². The molecule has 1 heterocycles. The highest BCUT2D eigenvalue weighted by Gasteiger charge is 2.05. The fraction of sp³-hybridized carbons (Fsp3) is 0.300. The van der Waals surface area contributed by atoms with Gasteiger partial charge in [-0.1, -0.05) is 11.6 Å². The molecule has 15 heavy (non-hydrogen) atoms. The van der Waals surface area contributed by atoms with Gasteiger partial charge in [0, 0.05) is 13.0 Å². The molecule has 1 aromatic heterocycles. The van der Waals surface area contributed by atoms with Gasteiger partial charge >= 0.3 is 0 Å². The number of hydrogen-bond donors (Lipinski definition) is 1. The molecule has 1 aromatic rings. The molecular formula is C10H10ClN3O. The molecule has 1 rings (SSSR count). The van der Waals surface area contributed by atoms with E-state index in [2.05, 4.69) is 27.1 Å². The standard InChI is InChI=1S/C10H10ClN3O/c1-2-3-4-5-12-10(15)8-6-14-9(11)7-13-8/h6-7H,4-5H2,1H3,(H,12,15). The molecule has 0 unspecified atom stereocenters. The summed E-state index contributed by atoms with van der Waals surface area (Å²) in [5.41, 5.74) is 0.254. The normalized spacial score (nSPS) is 8.93. The molecule has 0 aliphatic heterocycles. The summed E-state index contributed by atoms with van der Waals surface area (Å²) >= 11 is 5.54. The molecule has 0 aliphatic carbocycles. The summed E-state index contributed by atoms with van der Waals surface area (Å²) in [6.45, 7) is 2.26. The van der Waals surface area contributed by atoms with Gasteiger partial charge in [-0.05, 0) is 6.92 Å². The van der Waals surface area contributed by atoms with Crippen LogP contribution in [0.1, 0.15) is 23.8 Å².